The van der Waals surface area contributed by atoms with Gasteiger partial charge in [-0.2, -0.15) is 0 Å². The van der Waals surface area contributed by atoms with Gasteiger partial charge in [-0.05, 0) is 36.3 Å². The normalized spacial score (nSPS) is 16.0. The Morgan fingerprint density at radius 1 is 0.880 bits per heavy atom. The SMILES string of the molecule is CC(C)(CO[Si](C)(C)C(C)(C)C)[C@H](CC(=O)O)O[Si](C)(C)C(C)(C)C. The molecule has 0 aliphatic carbocycles. The van der Waals surface area contributed by atoms with Crippen molar-refractivity contribution in [3.05, 3.63) is 0 Å². The van der Waals surface area contributed by atoms with Gasteiger partial charge in [0.2, 0.25) is 0 Å². The fraction of sp³-hybridized carbons (Fsp3) is 0.947. The van der Waals surface area contributed by atoms with Crippen LogP contribution in [0.4, 0.5) is 0 Å². The monoisotopic (exact) mass is 390 g/mol. The van der Waals surface area contributed by atoms with E-state index in [9.17, 15) is 9.90 Å². The van der Waals surface area contributed by atoms with Gasteiger partial charge in [-0.1, -0.05) is 55.4 Å². The van der Waals surface area contributed by atoms with Crippen molar-refractivity contribution in [2.24, 2.45) is 5.41 Å². The second-order valence-corrected chi connectivity index (χ2v) is 20.6. The first-order valence-electron chi connectivity index (χ1n) is 9.26. The first-order chi connectivity index (χ1) is 10.7. The molecule has 4 nitrogen and oxygen atoms in total. The standard InChI is InChI=1S/C19H42O4Si2/c1-17(2,3)24(9,10)22-14-19(7,8)15(13-16(20)21)23-25(11,12)18(4,5)6/h15H,13-14H2,1-12H3,(H,20,21)/t15-/m0/s1. The highest BCUT2D eigenvalue weighted by molar-refractivity contribution is 6.74. The minimum Gasteiger partial charge on any atom is -0.481 e. The lowest BCUT2D eigenvalue weighted by Gasteiger charge is -2.45. The van der Waals surface area contributed by atoms with Crippen LogP contribution in [0.15, 0.2) is 0 Å². The lowest BCUT2D eigenvalue weighted by atomic mass is 9.86. The molecule has 0 unspecified atom stereocenters. The van der Waals surface area contributed by atoms with Gasteiger partial charge in [0.1, 0.15) is 0 Å². The highest BCUT2D eigenvalue weighted by Crippen LogP contribution is 2.42. The van der Waals surface area contributed by atoms with Crippen LogP contribution in [0.25, 0.3) is 0 Å². The molecule has 0 aliphatic rings. The van der Waals surface area contributed by atoms with Crippen LogP contribution in [0.3, 0.4) is 0 Å². The molecule has 0 rings (SSSR count). The fourth-order valence-electron chi connectivity index (χ4n) is 1.84. The van der Waals surface area contributed by atoms with Crippen molar-refractivity contribution in [2.45, 2.75) is 104 Å². The third-order valence-electron chi connectivity index (χ3n) is 6.09. The molecule has 0 radical (unpaired) electrons. The van der Waals surface area contributed by atoms with Gasteiger partial charge in [0.05, 0.1) is 12.5 Å². The fourth-order valence-corrected chi connectivity index (χ4v) is 4.48. The van der Waals surface area contributed by atoms with E-state index in [1.165, 1.54) is 0 Å². The zero-order valence-corrected chi connectivity index (χ0v) is 20.7. The van der Waals surface area contributed by atoms with Gasteiger partial charge in [-0.3, -0.25) is 4.79 Å². The van der Waals surface area contributed by atoms with Gasteiger partial charge < -0.3 is 14.0 Å². The molecule has 0 saturated carbocycles. The van der Waals surface area contributed by atoms with Crippen molar-refractivity contribution in [1.29, 1.82) is 0 Å². The second-order valence-electron chi connectivity index (χ2n) is 11.0. The van der Waals surface area contributed by atoms with Crippen molar-refractivity contribution in [3.63, 3.8) is 0 Å². The summed E-state index contributed by atoms with van der Waals surface area (Å²) in [7, 11) is -3.95. The summed E-state index contributed by atoms with van der Waals surface area (Å²) in [5, 5.41) is 9.58. The number of carbonyl (C=O) groups is 1. The Morgan fingerprint density at radius 2 is 1.28 bits per heavy atom. The Bertz CT molecular complexity index is 457. The van der Waals surface area contributed by atoms with Crippen LogP contribution in [0.5, 0.6) is 0 Å². The largest absolute Gasteiger partial charge is 0.481 e. The first kappa shape index (κ1) is 24.8. The van der Waals surface area contributed by atoms with Gasteiger partial charge in [-0.25, -0.2) is 0 Å². The second kappa shape index (κ2) is 7.83. The first-order valence-corrected chi connectivity index (χ1v) is 15.1. The molecule has 0 aromatic rings. The number of carboxylic acid groups (broad SMARTS) is 1. The molecule has 0 aliphatic heterocycles. The Balaban J connectivity index is 5.41. The minimum absolute atomic E-state index is 0.0143. The van der Waals surface area contributed by atoms with Crippen LogP contribution in [0.1, 0.15) is 61.8 Å². The Hall–Kier alpha value is -0.176. The number of hydrogen-bond acceptors (Lipinski definition) is 3. The molecule has 0 fully saturated rings. The number of hydrogen-bond donors (Lipinski definition) is 1. The summed E-state index contributed by atoms with van der Waals surface area (Å²) in [6, 6.07) is 0. The van der Waals surface area contributed by atoms with E-state index in [0.717, 1.165) is 0 Å². The topological polar surface area (TPSA) is 55.8 Å². The highest BCUT2D eigenvalue weighted by atomic mass is 28.4. The lowest BCUT2D eigenvalue weighted by Crippen LogP contribution is -2.51. The Morgan fingerprint density at radius 3 is 1.60 bits per heavy atom. The van der Waals surface area contributed by atoms with Crippen LogP contribution >= 0.6 is 0 Å². The summed E-state index contributed by atoms with van der Waals surface area (Å²) in [6.45, 7) is 26.6. The average molecular weight is 391 g/mol. The summed E-state index contributed by atoms with van der Waals surface area (Å²) < 4.78 is 12.9. The van der Waals surface area contributed by atoms with E-state index in [0.29, 0.717) is 6.61 Å². The van der Waals surface area contributed by atoms with E-state index in [2.05, 4.69) is 81.6 Å². The molecule has 0 aromatic carbocycles. The highest BCUT2D eigenvalue weighted by Gasteiger charge is 2.45. The molecule has 0 saturated heterocycles. The van der Waals surface area contributed by atoms with E-state index in [1.54, 1.807) is 0 Å². The molecular formula is C19H42O4Si2. The quantitative estimate of drug-likeness (QED) is 0.524. The van der Waals surface area contributed by atoms with Gasteiger partial charge in [0.25, 0.3) is 0 Å². The van der Waals surface area contributed by atoms with E-state index in [-0.39, 0.29) is 28.0 Å². The third kappa shape index (κ3) is 7.15. The molecule has 6 heteroatoms. The summed E-state index contributed by atoms with van der Waals surface area (Å²) in [6.07, 6.45) is -0.337. The van der Waals surface area contributed by atoms with Crippen molar-refractivity contribution in [1.82, 2.24) is 0 Å². The zero-order valence-electron chi connectivity index (χ0n) is 18.7. The molecule has 0 heterocycles. The van der Waals surface area contributed by atoms with Crippen LogP contribution in [-0.4, -0.2) is 40.4 Å². The van der Waals surface area contributed by atoms with Crippen molar-refractivity contribution >= 4 is 22.6 Å². The van der Waals surface area contributed by atoms with E-state index in [4.69, 9.17) is 8.85 Å². The maximum Gasteiger partial charge on any atom is 0.305 e. The maximum atomic E-state index is 11.5. The van der Waals surface area contributed by atoms with Gasteiger partial charge in [0, 0.05) is 12.0 Å². The molecule has 1 atom stereocenters. The molecule has 25 heavy (non-hydrogen) atoms. The van der Waals surface area contributed by atoms with E-state index >= 15 is 0 Å². The number of carboxylic acids is 1. The van der Waals surface area contributed by atoms with Gasteiger partial charge >= 0.3 is 5.97 Å². The van der Waals surface area contributed by atoms with Gasteiger partial charge in [0.15, 0.2) is 16.6 Å². The summed E-state index contributed by atoms with van der Waals surface area (Å²) >= 11 is 0. The van der Waals surface area contributed by atoms with Crippen LogP contribution in [0, 0.1) is 5.41 Å². The molecule has 0 aromatic heterocycles. The molecule has 0 spiro atoms. The van der Waals surface area contributed by atoms with Crippen molar-refractivity contribution in [2.75, 3.05) is 6.61 Å². The van der Waals surface area contributed by atoms with Gasteiger partial charge in [-0.15, -0.1) is 0 Å². The lowest BCUT2D eigenvalue weighted by molar-refractivity contribution is -0.141. The zero-order chi connectivity index (χ0) is 20.5. The summed E-state index contributed by atoms with van der Waals surface area (Å²) in [5.41, 5.74) is -0.358. The maximum absolute atomic E-state index is 11.5. The summed E-state index contributed by atoms with van der Waals surface area (Å²) in [5.74, 6) is -0.816. The average Bonchev–Trinajstić information content (AvgIpc) is 2.32. The van der Waals surface area contributed by atoms with E-state index in [1.807, 2.05) is 0 Å². The Kier molecular flexibility index (Phi) is 7.77. The molecule has 1 N–H and O–H groups in total. The number of rotatable bonds is 8. The molecular weight excluding hydrogens is 348 g/mol. The van der Waals surface area contributed by atoms with E-state index < -0.39 is 22.6 Å². The van der Waals surface area contributed by atoms with Crippen molar-refractivity contribution < 1.29 is 18.8 Å². The molecule has 150 valence electrons. The predicted octanol–water partition coefficient (Wildman–Crippen LogP) is 5.90. The Labute approximate surface area is 157 Å². The van der Waals surface area contributed by atoms with Crippen LogP contribution < -0.4 is 0 Å². The number of aliphatic carboxylic acids is 1. The smallest absolute Gasteiger partial charge is 0.305 e. The summed E-state index contributed by atoms with van der Waals surface area (Å²) in [4.78, 5) is 11.5. The third-order valence-corrected chi connectivity index (χ3v) is 15.1. The molecule has 0 amide bonds. The minimum atomic E-state index is -2.06. The van der Waals surface area contributed by atoms with Crippen LogP contribution in [-0.2, 0) is 13.6 Å². The predicted molar refractivity (Wildman–Crippen MR) is 111 cm³/mol. The van der Waals surface area contributed by atoms with Crippen molar-refractivity contribution in [3.8, 4) is 0 Å². The van der Waals surface area contributed by atoms with Crippen LogP contribution in [0.2, 0.25) is 36.3 Å². The molecule has 0 bridgehead atoms.